The molecule has 4 rings (SSSR count). The predicted molar refractivity (Wildman–Crippen MR) is 148 cm³/mol. The highest BCUT2D eigenvalue weighted by Gasteiger charge is 2.32. The van der Waals surface area contributed by atoms with Gasteiger partial charge in [-0.1, -0.05) is 121 Å². The molecular formula is C33H36O5. The van der Waals surface area contributed by atoms with E-state index in [1.54, 1.807) is 0 Å². The molecule has 0 unspecified atom stereocenters. The normalized spacial score (nSPS) is 13.6. The molecule has 0 saturated heterocycles. The monoisotopic (exact) mass is 512 g/mol. The Morgan fingerprint density at radius 2 is 0.816 bits per heavy atom. The van der Waals surface area contributed by atoms with Crippen molar-refractivity contribution in [2.45, 2.75) is 44.7 Å². The minimum absolute atomic E-state index is 0.212. The SMILES string of the molecule is OC[C@H](OCc1ccccc1)[C@H](OCc1ccccc1)[C@@H](COCc1ccccc1)OCc1ccccc1. The van der Waals surface area contributed by atoms with E-state index in [9.17, 15) is 5.11 Å². The summed E-state index contributed by atoms with van der Waals surface area (Å²) in [6.07, 6.45) is -1.65. The van der Waals surface area contributed by atoms with Gasteiger partial charge in [-0.15, -0.1) is 0 Å². The van der Waals surface area contributed by atoms with Gasteiger partial charge in [-0.25, -0.2) is 0 Å². The van der Waals surface area contributed by atoms with Gasteiger partial charge in [0.05, 0.1) is 39.6 Å². The summed E-state index contributed by atoms with van der Waals surface area (Å²) >= 11 is 0. The highest BCUT2D eigenvalue weighted by atomic mass is 16.6. The van der Waals surface area contributed by atoms with Crippen LogP contribution in [0.2, 0.25) is 0 Å². The molecule has 4 aromatic rings. The van der Waals surface area contributed by atoms with E-state index in [0.717, 1.165) is 22.3 Å². The van der Waals surface area contributed by atoms with Crippen molar-refractivity contribution in [1.82, 2.24) is 0 Å². The van der Waals surface area contributed by atoms with Gasteiger partial charge in [0.25, 0.3) is 0 Å². The van der Waals surface area contributed by atoms with Crippen LogP contribution in [0.3, 0.4) is 0 Å². The summed E-state index contributed by atoms with van der Waals surface area (Å²) in [5, 5.41) is 10.4. The summed E-state index contributed by atoms with van der Waals surface area (Å²) in [5.41, 5.74) is 4.18. The quantitative estimate of drug-likeness (QED) is 0.201. The van der Waals surface area contributed by atoms with Crippen molar-refractivity contribution in [3.05, 3.63) is 144 Å². The molecule has 0 aliphatic heterocycles. The van der Waals surface area contributed by atoms with Gasteiger partial charge in [-0.05, 0) is 22.3 Å². The largest absolute Gasteiger partial charge is 0.394 e. The Balaban J connectivity index is 1.51. The van der Waals surface area contributed by atoms with Gasteiger partial charge in [0.15, 0.2) is 0 Å². The molecule has 0 bridgehead atoms. The molecule has 0 aliphatic rings. The lowest BCUT2D eigenvalue weighted by molar-refractivity contribution is -0.176. The smallest absolute Gasteiger partial charge is 0.115 e. The summed E-state index contributed by atoms with van der Waals surface area (Å²) in [5.74, 6) is 0. The maximum absolute atomic E-state index is 10.4. The molecule has 0 aliphatic carbocycles. The molecule has 0 spiro atoms. The van der Waals surface area contributed by atoms with Gasteiger partial charge in [0, 0.05) is 0 Å². The molecule has 4 aromatic carbocycles. The van der Waals surface area contributed by atoms with E-state index in [2.05, 4.69) is 0 Å². The minimum Gasteiger partial charge on any atom is -0.394 e. The fourth-order valence-corrected chi connectivity index (χ4v) is 4.13. The van der Waals surface area contributed by atoms with Gasteiger partial charge >= 0.3 is 0 Å². The van der Waals surface area contributed by atoms with Gasteiger partial charge in [0.2, 0.25) is 0 Å². The second kappa shape index (κ2) is 15.8. The lowest BCUT2D eigenvalue weighted by atomic mass is 10.1. The van der Waals surface area contributed by atoms with Crippen LogP contribution in [0.1, 0.15) is 22.3 Å². The van der Waals surface area contributed by atoms with Crippen LogP contribution < -0.4 is 0 Å². The summed E-state index contributed by atoms with van der Waals surface area (Å²) in [6, 6.07) is 39.9. The first-order chi connectivity index (χ1) is 18.8. The minimum atomic E-state index is -0.611. The van der Waals surface area contributed by atoms with E-state index in [4.69, 9.17) is 18.9 Å². The number of aliphatic hydroxyl groups is 1. The molecule has 1 N–H and O–H groups in total. The molecular weight excluding hydrogens is 476 g/mol. The van der Waals surface area contributed by atoms with Crippen LogP contribution in [0.15, 0.2) is 121 Å². The van der Waals surface area contributed by atoms with Crippen molar-refractivity contribution in [2.75, 3.05) is 13.2 Å². The summed E-state index contributed by atoms with van der Waals surface area (Å²) in [7, 11) is 0. The number of hydrogen-bond acceptors (Lipinski definition) is 5. The maximum atomic E-state index is 10.4. The number of hydrogen-bond donors (Lipinski definition) is 1. The molecule has 3 atom stereocenters. The fourth-order valence-electron chi connectivity index (χ4n) is 4.13. The van der Waals surface area contributed by atoms with Crippen LogP contribution in [-0.4, -0.2) is 36.6 Å². The Hall–Kier alpha value is -3.32. The molecule has 0 radical (unpaired) electrons. The number of benzene rings is 4. The molecule has 5 nitrogen and oxygen atoms in total. The van der Waals surface area contributed by atoms with E-state index >= 15 is 0 Å². The van der Waals surface area contributed by atoms with Crippen molar-refractivity contribution in [2.24, 2.45) is 0 Å². The first-order valence-electron chi connectivity index (χ1n) is 13.0. The maximum Gasteiger partial charge on any atom is 0.115 e. The molecule has 5 heteroatoms. The zero-order valence-corrected chi connectivity index (χ0v) is 21.6. The lowest BCUT2D eigenvalue weighted by Crippen LogP contribution is -2.46. The van der Waals surface area contributed by atoms with Gasteiger partial charge in [-0.3, -0.25) is 0 Å². The van der Waals surface area contributed by atoms with Crippen LogP contribution in [0.5, 0.6) is 0 Å². The van der Waals surface area contributed by atoms with Crippen molar-refractivity contribution in [3.63, 3.8) is 0 Å². The third-order valence-electron chi connectivity index (χ3n) is 6.21. The lowest BCUT2D eigenvalue weighted by Gasteiger charge is -2.33. The summed E-state index contributed by atoms with van der Waals surface area (Å²) in [4.78, 5) is 0. The average Bonchev–Trinajstić information content (AvgIpc) is 2.99. The molecule has 0 heterocycles. The number of ether oxygens (including phenoxy) is 4. The molecule has 38 heavy (non-hydrogen) atoms. The fraction of sp³-hybridized carbons (Fsp3) is 0.273. The Morgan fingerprint density at radius 1 is 0.447 bits per heavy atom. The highest BCUT2D eigenvalue weighted by Crippen LogP contribution is 2.19. The third-order valence-corrected chi connectivity index (χ3v) is 6.21. The Bertz CT molecular complexity index is 1140. The van der Waals surface area contributed by atoms with Gasteiger partial charge in [0.1, 0.15) is 18.3 Å². The van der Waals surface area contributed by atoms with Crippen LogP contribution in [-0.2, 0) is 45.4 Å². The second-order valence-electron chi connectivity index (χ2n) is 9.11. The van der Waals surface area contributed by atoms with Crippen LogP contribution in [0.25, 0.3) is 0 Å². The van der Waals surface area contributed by atoms with Crippen molar-refractivity contribution >= 4 is 0 Å². The molecule has 0 aromatic heterocycles. The van der Waals surface area contributed by atoms with E-state index in [0.29, 0.717) is 26.4 Å². The van der Waals surface area contributed by atoms with Crippen molar-refractivity contribution in [1.29, 1.82) is 0 Å². The Labute approximate surface area is 225 Å². The summed E-state index contributed by atoms with van der Waals surface area (Å²) in [6.45, 7) is 1.63. The molecule has 0 fully saturated rings. The van der Waals surface area contributed by atoms with Crippen LogP contribution >= 0.6 is 0 Å². The summed E-state index contributed by atoms with van der Waals surface area (Å²) < 4.78 is 25.2. The number of rotatable bonds is 16. The van der Waals surface area contributed by atoms with E-state index in [1.165, 1.54) is 0 Å². The topological polar surface area (TPSA) is 57.2 Å². The van der Waals surface area contributed by atoms with Crippen LogP contribution in [0.4, 0.5) is 0 Å². The zero-order chi connectivity index (χ0) is 26.3. The second-order valence-corrected chi connectivity index (χ2v) is 9.11. The predicted octanol–water partition coefficient (Wildman–Crippen LogP) is 5.95. The van der Waals surface area contributed by atoms with Crippen molar-refractivity contribution in [3.8, 4) is 0 Å². The molecule has 198 valence electrons. The zero-order valence-electron chi connectivity index (χ0n) is 21.6. The van der Waals surface area contributed by atoms with Gasteiger partial charge < -0.3 is 24.1 Å². The standard InChI is InChI=1S/C33H36O5/c34-21-31(36-23-28-15-7-2-8-16-28)33(38-25-30-19-11-4-12-20-30)32(37-24-29-17-9-3-10-18-29)26-35-22-27-13-5-1-6-14-27/h1-20,31-34H,21-26H2/t31-,32+,33-/m0/s1. The Kier molecular flexibility index (Phi) is 11.5. The molecule has 0 saturated carbocycles. The van der Waals surface area contributed by atoms with Crippen molar-refractivity contribution < 1.29 is 24.1 Å². The Morgan fingerprint density at radius 3 is 1.24 bits per heavy atom. The van der Waals surface area contributed by atoms with Gasteiger partial charge in [-0.2, -0.15) is 0 Å². The first-order valence-corrected chi connectivity index (χ1v) is 13.0. The highest BCUT2D eigenvalue weighted by molar-refractivity contribution is 5.16. The van der Waals surface area contributed by atoms with E-state index < -0.39 is 18.3 Å². The average molecular weight is 513 g/mol. The third kappa shape index (κ3) is 9.21. The first kappa shape index (κ1) is 27.7. The van der Waals surface area contributed by atoms with Crippen LogP contribution in [0, 0.1) is 0 Å². The van der Waals surface area contributed by atoms with E-state index in [1.807, 2.05) is 121 Å². The number of aliphatic hydroxyl groups excluding tert-OH is 1. The van der Waals surface area contributed by atoms with E-state index in [-0.39, 0.29) is 13.2 Å². The molecule has 0 amide bonds.